The van der Waals surface area contributed by atoms with E-state index in [1.807, 2.05) is 48.5 Å². The van der Waals surface area contributed by atoms with Crippen LogP contribution in [0.2, 0.25) is 0 Å². The Kier molecular flexibility index (Phi) is 6.02. The van der Waals surface area contributed by atoms with Crippen molar-refractivity contribution in [3.63, 3.8) is 0 Å². The Morgan fingerprint density at radius 1 is 0.926 bits per heavy atom. The molecule has 1 amide bonds. The fourth-order valence-electron chi connectivity index (χ4n) is 2.72. The smallest absolute Gasteiger partial charge is 0.431 e. The van der Waals surface area contributed by atoms with Crippen molar-refractivity contribution in [1.29, 1.82) is 0 Å². The second-order valence-corrected chi connectivity index (χ2v) is 5.95. The molecule has 2 N–H and O–H groups in total. The molecule has 0 fully saturated rings. The number of ether oxygens (including phenoxy) is 1. The molecule has 0 spiro atoms. The van der Waals surface area contributed by atoms with E-state index < -0.39 is 18.2 Å². The van der Waals surface area contributed by atoms with E-state index >= 15 is 0 Å². The minimum atomic E-state index is -1.21. The van der Waals surface area contributed by atoms with E-state index in [1.54, 1.807) is 24.3 Å². The lowest BCUT2D eigenvalue weighted by Gasteiger charge is -2.14. The fourth-order valence-corrected chi connectivity index (χ4v) is 2.72. The molecule has 0 radical (unpaired) electrons. The van der Waals surface area contributed by atoms with Crippen LogP contribution in [0.15, 0.2) is 72.8 Å². The molecule has 0 bridgehead atoms. The maximum Gasteiger partial charge on any atom is 0.431 e. The molecule has 3 aromatic rings. The van der Waals surface area contributed by atoms with Gasteiger partial charge >= 0.3 is 12.1 Å². The Labute approximate surface area is 156 Å². The Morgan fingerprint density at radius 3 is 2.41 bits per heavy atom. The lowest BCUT2D eigenvalue weighted by molar-refractivity contribution is -0.154. The first kappa shape index (κ1) is 18.4. The first-order valence-electron chi connectivity index (χ1n) is 8.45. The van der Waals surface area contributed by atoms with Gasteiger partial charge in [0.05, 0.1) is 0 Å². The molecule has 0 aromatic heterocycles. The van der Waals surface area contributed by atoms with Crippen LogP contribution in [0.5, 0.6) is 0 Å². The number of carbonyl (C=O) groups is 2. The number of nitrogens with one attached hydrogen (secondary N) is 1. The first-order chi connectivity index (χ1) is 13.1. The highest BCUT2D eigenvalue weighted by atomic mass is 16.7. The number of hydrogen-bond acceptors (Lipinski definition) is 4. The number of carboxylic acid groups (broad SMARTS) is 1. The second kappa shape index (κ2) is 8.82. The van der Waals surface area contributed by atoms with E-state index in [1.165, 1.54) is 0 Å². The number of rotatable bonds is 7. The van der Waals surface area contributed by atoms with Gasteiger partial charge in [-0.3, -0.25) is 4.84 Å². The minimum absolute atomic E-state index is 0.0486. The molecule has 3 rings (SSSR count). The lowest BCUT2D eigenvalue weighted by atomic mass is 10.1. The van der Waals surface area contributed by atoms with E-state index in [4.69, 9.17) is 9.57 Å². The molecule has 6 heteroatoms. The van der Waals surface area contributed by atoms with Crippen LogP contribution in [-0.2, 0) is 27.4 Å². The highest BCUT2D eigenvalue weighted by Gasteiger charge is 2.20. The minimum Gasteiger partial charge on any atom is -0.479 e. The molecule has 0 saturated carbocycles. The number of hydrogen-bond donors (Lipinski definition) is 2. The van der Waals surface area contributed by atoms with Crippen LogP contribution in [0.25, 0.3) is 10.8 Å². The predicted octanol–water partition coefficient (Wildman–Crippen LogP) is 3.69. The van der Waals surface area contributed by atoms with E-state index in [0.717, 1.165) is 21.9 Å². The number of carboxylic acids is 1. The summed E-state index contributed by atoms with van der Waals surface area (Å²) in [5.41, 5.74) is 3.70. The highest BCUT2D eigenvalue weighted by Crippen LogP contribution is 2.19. The second-order valence-electron chi connectivity index (χ2n) is 5.95. The molecule has 0 unspecified atom stereocenters. The van der Waals surface area contributed by atoms with Crippen molar-refractivity contribution in [3.05, 3.63) is 83.9 Å². The fraction of sp³-hybridized carbons (Fsp3) is 0.143. The third kappa shape index (κ3) is 5.05. The van der Waals surface area contributed by atoms with Gasteiger partial charge in [-0.05, 0) is 21.9 Å². The van der Waals surface area contributed by atoms with Crippen molar-refractivity contribution in [2.24, 2.45) is 0 Å². The Hall–Kier alpha value is -3.38. The number of benzene rings is 3. The molecule has 138 valence electrons. The average Bonchev–Trinajstić information content (AvgIpc) is 2.70. The van der Waals surface area contributed by atoms with Crippen molar-refractivity contribution in [2.75, 3.05) is 0 Å². The van der Waals surface area contributed by atoms with Crippen molar-refractivity contribution >= 4 is 22.8 Å². The molecule has 0 aliphatic heterocycles. The summed E-state index contributed by atoms with van der Waals surface area (Å²) in [4.78, 5) is 28.2. The lowest BCUT2D eigenvalue weighted by Crippen LogP contribution is -2.36. The van der Waals surface area contributed by atoms with Crippen molar-refractivity contribution in [2.45, 2.75) is 19.1 Å². The third-order valence-electron chi connectivity index (χ3n) is 4.06. The van der Waals surface area contributed by atoms with Crippen LogP contribution in [0.1, 0.15) is 11.1 Å². The van der Waals surface area contributed by atoms with Gasteiger partial charge in [-0.2, -0.15) is 5.48 Å². The first-order valence-corrected chi connectivity index (χ1v) is 8.45. The van der Waals surface area contributed by atoms with Crippen molar-refractivity contribution in [1.82, 2.24) is 5.48 Å². The van der Waals surface area contributed by atoms with Crippen LogP contribution in [0.4, 0.5) is 4.79 Å². The van der Waals surface area contributed by atoms with Gasteiger partial charge in [-0.1, -0.05) is 72.8 Å². The number of aliphatic carboxylic acids is 1. The molecule has 3 aromatic carbocycles. The normalized spacial score (nSPS) is 11.7. The van der Waals surface area contributed by atoms with Crippen LogP contribution >= 0.6 is 0 Å². The Balaban J connectivity index is 1.54. The molecule has 0 saturated heterocycles. The van der Waals surface area contributed by atoms with E-state index in [9.17, 15) is 14.7 Å². The summed E-state index contributed by atoms with van der Waals surface area (Å²) >= 11 is 0. The zero-order valence-corrected chi connectivity index (χ0v) is 14.5. The van der Waals surface area contributed by atoms with Gasteiger partial charge in [0.25, 0.3) is 0 Å². The summed E-state index contributed by atoms with van der Waals surface area (Å²) in [6.45, 7) is 0.0486. The molecular formula is C21H19NO5. The monoisotopic (exact) mass is 365 g/mol. The number of amides is 1. The molecule has 0 aliphatic rings. The summed E-state index contributed by atoms with van der Waals surface area (Å²) in [5.74, 6) is -1.17. The molecule has 0 heterocycles. The molecular weight excluding hydrogens is 346 g/mol. The number of hydroxylamine groups is 1. The zero-order chi connectivity index (χ0) is 19.1. The Bertz CT molecular complexity index is 921. The summed E-state index contributed by atoms with van der Waals surface area (Å²) < 4.78 is 5.15. The van der Waals surface area contributed by atoms with Gasteiger partial charge in [0.1, 0.15) is 6.61 Å². The van der Waals surface area contributed by atoms with Crippen molar-refractivity contribution < 1.29 is 24.3 Å². The van der Waals surface area contributed by atoms with Gasteiger partial charge in [-0.25, -0.2) is 9.59 Å². The molecule has 27 heavy (non-hydrogen) atoms. The van der Waals surface area contributed by atoms with E-state index in [-0.39, 0.29) is 13.0 Å². The summed E-state index contributed by atoms with van der Waals surface area (Å²) in [5, 5.41) is 11.3. The summed E-state index contributed by atoms with van der Waals surface area (Å²) in [7, 11) is 0. The Morgan fingerprint density at radius 2 is 1.63 bits per heavy atom. The number of carbonyl (C=O) groups excluding carboxylic acids is 1. The van der Waals surface area contributed by atoms with E-state index in [0.29, 0.717) is 0 Å². The molecule has 0 aliphatic carbocycles. The SMILES string of the molecule is O=C(NO[C@H](Cc1ccccc1)C(=O)O)OCc1cccc2ccccc12. The predicted molar refractivity (Wildman–Crippen MR) is 99.9 cm³/mol. The average molecular weight is 365 g/mol. The van der Waals surface area contributed by atoms with Crippen molar-refractivity contribution in [3.8, 4) is 0 Å². The maximum absolute atomic E-state index is 11.9. The maximum atomic E-state index is 11.9. The van der Waals surface area contributed by atoms with Gasteiger partial charge < -0.3 is 9.84 Å². The summed E-state index contributed by atoms with van der Waals surface area (Å²) in [6.07, 6.45) is -1.93. The standard InChI is InChI=1S/C21H19NO5/c23-20(24)19(13-15-7-2-1-3-8-15)27-22-21(25)26-14-17-11-6-10-16-9-4-5-12-18(16)17/h1-12,19H,13-14H2,(H,22,25)(H,23,24)/t19-/m1/s1. The van der Waals surface area contributed by atoms with Gasteiger partial charge in [-0.15, -0.1) is 0 Å². The highest BCUT2D eigenvalue weighted by molar-refractivity contribution is 5.85. The van der Waals surface area contributed by atoms with Crippen LogP contribution in [0.3, 0.4) is 0 Å². The van der Waals surface area contributed by atoms with Crippen LogP contribution in [0, 0.1) is 0 Å². The molecule has 6 nitrogen and oxygen atoms in total. The van der Waals surface area contributed by atoms with Crippen LogP contribution in [-0.4, -0.2) is 23.3 Å². The van der Waals surface area contributed by atoms with Crippen LogP contribution < -0.4 is 5.48 Å². The number of fused-ring (bicyclic) bond motifs is 1. The molecule has 1 atom stereocenters. The zero-order valence-electron chi connectivity index (χ0n) is 14.5. The van der Waals surface area contributed by atoms with E-state index in [2.05, 4.69) is 5.48 Å². The third-order valence-corrected chi connectivity index (χ3v) is 4.06. The summed E-state index contributed by atoms with van der Waals surface area (Å²) in [6, 6.07) is 22.5. The largest absolute Gasteiger partial charge is 0.479 e. The quantitative estimate of drug-likeness (QED) is 0.624. The van der Waals surface area contributed by atoms with Gasteiger partial charge in [0.15, 0.2) is 6.10 Å². The van der Waals surface area contributed by atoms with Gasteiger partial charge in [0.2, 0.25) is 0 Å². The topological polar surface area (TPSA) is 84.9 Å². The van der Waals surface area contributed by atoms with Gasteiger partial charge in [0, 0.05) is 6.42 Å².